The topological polar surface area (TPSA) is 44.4 Å². The minimum absolute atomic E-state index is 0.0554. The van der Waals surface area contributed by atoms with E-state index < -0.39 is 0 Å². The lowest BCUT2D eigenvalue weighted by atomic mass is 10.1. The van der Waals surface area contributed by atoms with Crippen LogP contribution in [0.4, 0.5) is 5.69 Å². The van der Waals surface area contributed by atoms with Gasteiger partial charge in [-0.15, -0.1) is 0 Å². The zero-order chi connectivity index (χ0) is 14.4. The van der Waals surface area contributed by atoms with Gasteiger partial charge in [0.1, 0.15) is 0 Å². The SMILES string of the molecule is CNC(=O)Cc1ccccc1NC1CCCN(C)CC1. The highest BCUT2D eigenvalue weighted by atomic mass is 16.1. The van der Waals surface area contributed by atoms with Crippen LogP contribution in [0.1, 0.15) is 24.8 Å². The lowest BCUT2D eigenvalue weighted by Gasteiger charge is -2.20. The summed E-state index contributed by atoms with van der Waals surface area (Å²) in [5.74, 6) is 0.0554. The molecule has 0 aromatic heterocycles. The van der Waals surface area contributed by atoms with Crippen molar-refractivity contribution in [1.82, 2.24) is 10.2 Å². The number of rotatable bonds is 4. The molecule has 110 valence electrons. The fourth-order valence-corrected chi connectivity index (χ4v) is 2.68. The predicted molar refractivity (Wildman–Crippen MR) is 83.0 cm³/mol. The summed E-state index contributed by atoms with van der Waals surface area (Å²) in [5, 5.41) is 6.32. The monoisotopic (exact) mass is 275 g/mol. The van der Waals surface area contributed by atoms with Crippen LogP contribution in [0.2, 0.25) is 0 Å². The molecule has 1 heterocycles. The molecule has 0 spiro atoms. The minimum atomic E-state index is 0.0554. The summed E-state index contributed by atoms with van der Waals surface area (Å²) < 4.78 is 0. The van der Waals surface area contributed by atoms with E-state index in [1.807, 2.05) is 18.2 Å². The molecule has 2 rings (SSSR count). The molecule has 0 aliphatic carbocycles. The third-order valence-corrected chi connectivity index (χ3v) is 3.96. The molecule has 4 nitrogen and oxygen atoms in total. The average molecular weight is 275 g/mol. The van der Waals surface area contributed by atoms with Gasteiger partial charge in [-0.2, -0.15) is 0 Å². The molecule has 1 saturated heterocycles. The van der Waals surface area contributed by atoms with Gasteiger partial charge >= 0.3 is 0 Å². The van der Waals surface area contributed by atoms with Gasteiger partial charge in [0.05, 0.1) is 6.42 Å². The number of para-hydroxylation sites is 1. The van der Waals surface area contributed by atoms with Crippen LogP contribution in [0.5, 0.6) is 0 Å². The number of benzene rings is 1. The van der Waals surface area contributed by atoms with E-state index in [4.69, 9.17) is 0 Å². The van der Waals surface area contributed by atoms with Crippen LogP contribution in [0, 0.1) is 0 Å². The van der Waals surface area contributed by atoms with Crippen molar-refractivity contribution in [1.29, 1.82) is 0 Å². The zero-order valence-corrected chi connectivity index (χ0v) is 12.5. The number of likely N-dealkylation sites (N-methyl/N-ethyl adjacent to an activating group) is 1. The van der Waals surface area contributed by atoms with E-state index in [0.29, 0.717) is 12.5 Å². The lowest BCUT2D eigenvalue weighted by molar-refractivity contribution is -0.119. The number of nitrogens with zero attached hydrogens (tertiary/aromatic N) is 1. The van der Waals surface area contributed by atoms with Gasteiger partial charge in [-0.25, -0.2) is 0 Å². The number of carbonyl (C=O) groups excluding carboxylic acids is 1. The maximum Gasteiger partial charge on any atom is 0.224 e. The Labute approximate surface area is 121 Å². The third-order valence-electron chi connectivity index (χ3n) is 3.96. The summed E-state index contributed by atoms with van der Waals surface area (Å²) in [5.41, 5.74) is 2.18. The second kappa shape index (κ2) is 7.29. The van der Waals surface area contributed by atoms with Crippen molar-refractivity contribution in [2.45, 2.75) is 31.7 Å². The molecule has 1 fully saturated rings. The average Bonchev–Trinajstić information content (AvgIpc) is 2.66. The Hall–Kier alpha value is -1.55. The van der Waals surface area contributed by atoms with Gasteiger partial charge in [-0.3, -0.25) is 4.79 Å². The van der Waals surface area contributed by atoms with Crippen LogP contribution in [0.25, 0.3) is 0 Å². The molecule has 20 heavy (non-hydrogen) atoms. The number of hydrogen-bond donors (Lipinski definition) is 2. The predicted octanol–water partition coefficient (Wildman–Crippen LogP) is 1.87. The first-order valence-electron chi connectivity index (χ1n) is 7.42. The van der Waals surface area contributed by atoms with Gasteiger partial charge in [0, 0.05) is 18.8 Å². The number of likely N-dealkylation sites (tertiary alicyclic amines) is 1. The molecule has 1 aromatic carbocycles. The third kappa shape index (κ3) is 4.23. The molecule has 0 bridgehead atoms. The summed E-state index contributed by atoms with van der Waals surface area (Å²) in [6.07, 6.45) is 4.02. The van der Waals surface area contributed by atoms with E-state index in [1.54, 1.807) is 7.05 Å². The van der Waals surface area contributed by atoms with Crippen molar-refractivity contribution < 1.29 is 4.79 Å². The zero-order valence-electron chi connectivity index (χ0n) is 12.5. The summed E-state index contributed by atoms with van der Waals surface area (Å²) in [4.78, 5) is 14.0. The van der Waals surface area contributed by atoms with Crippen LogP contribution in [0.3, 0.4) is 0 Å². The Morgan fingerprint density at radius 2 is 2.10 bits per heavy atom. The maximum atomic E-state index is 11.6. The van der Waals surface area contributed by atoms with E-state index in [-0.39, 0.29) is 5.91 Å². The van der Waals surface area contributed by atoms with Gasteiger partial charge in [-0.05, 0) is 51.0 Å². The van der Waals surface area contributed by atoms with Gasteiger partial charge in [0.2, 0.25) is 5.91 Å². The van der Waals surface area contributed by atoms with Gasteiger partial charge in [0.15, 0.2) is 0 Å². The number of anilines is 1. The Morgan fingerprint density at radius 1 is 1.30 bits per heavy atom. The number of carbonyl (C=O) groups is 1. The Kier molecular flexibility index (Phi) is 5.41. The van der Waals surface area contributed by atoms with E-state index in [1.165, 1.54) is 19.4 Å². The van der Waals surface area contributed by atoms with E-state index >= 15 is 0 Å². The second-order valence-electron chi connectivity index (χ2n) is 5.58. The van der Waals surface area contributed by atoms with Crippen molar-refractivity contribution in [3.8, 4) is 0 Å². The van der Waals surface area contributed by atoms with Gasteiger partial charge < -0.3 is 15.5 Å². The van der Waals surface area contributed by atoms with Crippen LogP contribution in [-0.2, 0) is 11.2 Å². The van der Waals surface area contributed by atoms with Crippen LogP contribution in [-0.4, -0.2) is 44.0 Å². The molecular formula is C16H25N3O. The van der Waals surface area contributed by atoms with Crippen molar-refractivity contribution in [2.24, 2.45) is 0 Å². The molecule has 0 radical (unpaired) electrons. The van der Waals surface area contributed by atoms with Crippen molar-refractivity contribution in [3.05, 3.63) is 29.8 Å². The van der Waals surface area contributed by atoms with Crippen molar-refractivity contribution in [3.63, 3.8) is 0 Å². The van der Waals surface area contributed by atoms with E-state index in [2.05, 4.69) is 28.6 Å². The molecule has 1 amide bonds. The second-order valence-corrected chi connectivity index (χ2v) is 5.58. The first-order valence-corrected chi connectivity index (χ1v) is 7.42. The highest BCUT2D eigenvalue weighted by Crippen LogP contribution is 2.20. The molecule has 1 unspecified atom stereocenters. The highest BCUT2D eigenvalue weighted by Gasteiger charge is 2.16. The molecule has 1 aliphatic heterocycles. The fourth-order valence-electron chi connectivity index (χ4n) is 2.68. The minimum Gasteiger partial charge on any atom is -0.382 e. The summed E-state index contributed by atoms with van der Waals surface area (Å²) in [6, 6.07) is 8.63. The first-order chi connectivity index (χ1) is 9.69. The summed E-state index contributed by atoms with van der Waals surface area (Å²) >= 11 is 0. The number of nitrogens with one attached hydrogen (secondary N) is 2. The quantitative estimate of drug-likeness (QED) is 0.882. The standard InChI is InChI=1S/C16H25N3O/c1-17-16(20)12-13-6-3-4-8-15(13)18-14-7-5-10-19(2)11-9-14/h3-4,6,8,14,18H,5,7,9-12H2,1-2H3,(H,17,20). The van der Waals surface area contributed by atoms with E-state index in [9.17, 15) is 4.79 Å². The smallest absolute Gasteiger partial charge is 0.224 e. The Balaban J connectivity index is 2.02. The number of hydrogen-bond acceptors (Lipinski definition) is 3. The molecule has 0 saturated carbocycles. The first kappa shape index (κ1) is 14.9. The number of amides is 1. The molecular weight excluding hydrogens is 250 g/mol. The molecule has 4 heteroatoms. The van der Waals surface area contributed by atoms with E-state index in [0.717, 1.165) is 24.2 Å². The lowest BCUT2D eigenvalue weighted by Crippen LogP contribution is -2.24. The molecule has 1 aromatic rings. The maximum absolute atomic E-state index is 11.6. The van der Waals surface area contributed by atoms with Crippen molar-refractivity contribution >= 4 is 11.6 Å². The largest absolute Gasteiger partial charge is 0.382 e. The van der Waals surface area contributed by atoms with Crippen LogP contribution >= 0.6 is 0 Å². The van der Waals surface area contributed by atoms with Gasteiger partial charge in [0.25, 0.3) is 0 Å². The molecule has 1 aliphatic rings. The Bertz CT molecular complexity index is 447. The molecule has 2 N–H and O–H groups in total. The van der Waals surface area contributed by atoms with Crippen LogP contribution < -0.4 is 10.6 Å². The normalized spacial score (nSPS) is 20.2. The van der Waals surface area contributed by atoms with Crippen molar-refractivity contribution in [2.75, 3.05) is 32.5 Å². The summed E-state index contributed by atoms with van der Waals surface area (Å²) in [7, 11) is 3.86. The summed E-state index contributed by atoms with van der Waals surface area (Å²) in [6.45, 7) is 2.31. The Morgan fingerprint density at radius 3 is 2.90 bits per heavy atom. The van der Waals surface area contributed by atoms with Gasteiger partial charge in [-0.1, -0.05) is 18.2 Å². The van der Waals surface area contributed by atoms with Crippen LogP contribution in [0.15, 0.2) is 24.3 Å². The molecule has 1 atom stereocenters. The fraction of sp³-hybridized carbons (Fsp3) is 0.562. The highest BCUT2D eigenvalue weighted by molar-refractivity contribution is 5.80.